The summed E-state index contributed by atoms with van der Waals surface area (Å²) in [6.45, 7) is 12.5. The molecule has 0 saturated heterocycles. The van der Waals surface area contributed by atoms with Crippen molar-refractivity contribution in [2.75, 3.05) is 0 Å². The van der Waals surface area contributed by atoms with Crippen molar-refractivity contribution in [2.45, 2.75) is 103 Å². The standard InChI is InChI=1S/C38H50O3/c1-5-19-38(39)24-33-30-23-34(41-26-28-15-11-8-12-16-28)32-22-29(40-25-27-13-9-7-10-14-27)17-20-36(32,3)31(30)18-21-37(33,4)35(38)6-2/h5-16,29-34,39H,1,17-26H2,2-4H3/b35-6-/t29-,30+,31-,32+,33-,34+,36+,37-,38-/m0/s1. The molecule has 0 amide bonds. The normalized spacial score (nSPS) is 40.9. The topological polar surface area (TPSA) is 38.7 Å². The summed E-state index contributed by atoms with van der Waals surface area (Å²) in [4.78, 5) is 0. The summed E-state index contributed by atoms with van der Waals surface area (Å²) in [6.07, 6.45) is 13.0. The molecular formula is C38H50O3. The summed E-state index contributed by atoms with van der Waals surface area (Å²) < 4.78 is 13.5. The number of allylic oxidation sites excluding steroid dienone is 1. The van der Waals surface area contributed by atoms with Crippen LogP contribution in [0, 0.1) is 34.5 Å². The van der Waals surface area contributed by atoms with Crippen molar-refractivity contribution in [1.29, 1.82) is 0 Å². The highest BCUT2D eigenvalue weighted by Crippen LogP contribution is 2.69. The lowest BCUT2D eigenvalue weighted by molar-refractivity contribution is -0.189. The third-order valence-corrected chi connectivity index (χ3v) is 12.1. The maximum atomic E-state index is 12.0. The Balaban J connectivity index is 1.28. The molecule has 2 aromatic rings. The van der Waals surface area contributed by atoms with E-state index < -0.39 is 5.60 Å². The van der Waals surface area contributed by atoms with E-state index in [-0.39, 0.29) is 23.0 Å². The van der Waals surface area contributed by atoms with E-state index in [0.717, 1.165) is 25.7 Å². The zero-order chi connectivity index (χ0) is 28.7. The zero-order valence-electron chi connectivity index (χ0n) is 25.4. The lowest BCUT2D eigenvalue weighted by atomic mass is 9.44. The molecule has 4 fully saturated rings. The fourth-order valence-electron chi connectivity index (χ4n) is 10.2. The number of hydrogen-bond acceptors (Lipinski definition) is 3. The number of fused-ring (bicyclic) bond motifs is 5. The van der Waals surface area contributed by atoms with Gasteiger partial charge >= 0.3 is 0 Å². The Hall–Kier alpha value is -2.20. The SMILES string of the molecule is C=CC[C@]1(O)C[C@H]2[C@@H]3C[C@@H](OCc4ccccc4)[C@H]4C[C@@H](OCc5ccccc5)CC[C@]4(C)[C@H]3CC[C@]2(C)/C1=C/C. The van der Waals surface area contributed by atoms with Crippen LogP contribution in [0.15, 0.2) is 85.0 Å². The van der Waals surface area contributed by atoms with Gasteiger partial charge in [-0.2, -0.15) is 0 Å². The van der Waals surface area contributed by atoms with E-state index in [1.165, 1.54) is 36.0 Å². The molecule has 6 rings (SSSR count). The van der Waals surface area contributed by atoms with E-state index in [1.807, 2.05) is 6.08 Å². The first-order chi connectivity index (χ1) is 19.8. The molecule has 3 heteroatoms. The zero-order valence-corrected chi connectivity index (χ0v) is 25.4. The molecule has 0 spiro atoms. The van der Waals surface area contributed by atoms with Crippen molar-refractivity contribution in [2.24, 2.45) is 34.5 Å². The summed E-state index contributed by atoms with van der Waals surface area (Å²) in [6, 6.07) is 21.2. The lowest BCUT2D eigenvalue weighted by Gasteiger charge is -2.62. The fraction of sp³-hybridized carbons (Fsp3) is 0.579. The Labute approximate surface area is 248 Å². The molecule has 1 N–H and O–H groups in total. The second kappa shape index (κ2) is 11.5. The van der Waals surface area contributed by atoms with Gasteiger partial charge in [-0.3, -0.25) is 0 Å². The van der Waals surface area contributed by atoms with Crippen LogP contribution in [0.2, 0.25) is 0 Å². The molecule has 0 unspecified atom stereocenters. The van der Waals surface area contributed by atoms with E-state index in [1.54, 1.807) is 0 Å². The summed E-state index contributed by atoms with van der Waals surface area (Å²) in [5.74, 6) is 2.19. The molecule has 0 aromatic heterocycles. The maximum Gasteiger partial charge on any atom is 0.0899 e. The van der Waals surface area contributed by atoms with Crippen LogP contribution in [-0.2, 0) is 22.7 Å². The number of benzene rings is 2. The van der Waals surface area contributed by atoms with E-state index in [9.17, 15) is 5.11 Å². The van der Waals surface area contributed by atoms with Gasteiger partial charge in [0.05, 0.1) is 31.0 Å². The highest BCUT2D eigenvalue weighted by molar-refractivity contribution is 5.34. The molecule has 0 bridgehead atoms. The highest BCUT2D eigenvalue weighted by Gasteiger charge is 2.65. The van der Waals surface area contributed by atoms with Crippen molar-refractivity contribution in [3.8, 4) is 0 Å². The van der Waals surface area contributed by atoms with Crippen LogP contribution in [0.5, 0.6) is 0 Å². The van der Waals surface area contributed by atoms with Gasteiger partial charge in [0.15, 0.2) is 0 Å². The van der Waals surface area contributed by atoms with Gasteiger partial charge in [0.2, 0.25) is 0 Å². The predicted molar refractivity (Wildman–Crippen MR) is 166 cm³/mol. The van der Waals surface area contributed by atoms with Crippen molar-refractivity contribution < 1.29 is 14.6 Å². The Bertz CT molecular complexity index is 1220. The first-order valence-corrected chi connectivity index (χ1v) is 16.1. The van der Waals surface area contributed by atoms with Gasteiger partial charge < -0.3 is 14.6 Å². The molecule has 2 aromatic carbocycles. The molecule has 0 aliphatic heterocycles. The molecular weight excluding hydrogens is 504 g/mol. The average molecular weight is 555 g/mol. The summed E-state index contributed by atoms with van der Waals surface area (Å²) >= 11 is 0. The number of hydrogen-bond donors (Lipinski definition) is 1. The number of rotatable bonds is 8. The Morgan fingerprint density at radius 2 is 1.51 bits per heavy atom. The molecule has 0 heterocycles. The minimum Gasteiger partial charge on any atom is -0.385 e. The van der Waals surface area contributed by atoms with Gasteiger partial charge in [-0.1, -0.05) is 86.7 Å². The van der Waals surface area contributed by atoms with Gasteiger partial charge in [-0.25, -0.2) is 0 Å². The van der Waals surface area contributed by atoms with Gasteiger partial charge in [-0.15, -0.1) is 6.58 Å². The highest BCUT2D eigenvalue weighted by atomic mass is 16.5. The van der Waals surface area contributed by atoms with Crippen LogP contribution in [0.4, 0.5) is 0 Å². The van der Waals surface area contributed by atoms with Crippen molar-refractivity contribution in [1.82, 2.24) is 0 Å². The molecule has 9 atom stereocenters. The Morgan fingerprint density at radius 3 is 2.15 bits per heavy atom. The smallest absolute Gasteiger partial charge is 0.0899 e. The van der Waals surface area contributed by atoms with Crippen molar-refractivity contribution in [3.05, 3.63) is 96.1 Å². The Kier molecular flexibility index (Phi) is 8.09. The van der Waals surface area contributed by atoms with Crippen LogP contribution in [0.1, 0.15) is 83.3 Å². The maximum absolute atomic E-state index is 12.0. The number of aliphatic hydroxyl groups is 1. The number of ether oxygens (including phenoxy) is 2. The van der Waals surface area contributed by atoms with Gasteiger partial charge in [-0.05, 0) is 109 Å². The van der Waals surface area contributed by atoms with E-state index in [0.29, 0.717) is 43.3 Å². The Morgan fingerprint density at radius 1 is 0.854 bits per heavy atom. The minimum absolute atomic E-state index is 0.0524. The summed E-state index contributed by atoms with van der Waals surface area (Å²) in [5.41, 5.74) is 3.28. The summed E-state index contributed by atoms with van der Waals surface area (Å²) in [5, 5.41) is 12.0. The first-order valence-electron chi connectivity index (χ1n) is 16.1. The van der Waals surface area contributed by atoms with Gasteiger partial charge in [0.25, 0.3) is 0 Å². The van der Waals surface area contributed by atoms with Gasteiger partial charge in [0.1, 0.15) is 0 Å². The third-order valence-electron chi connectivity index (χ3n) is 12.1. The van der Waals surface area contributed by atoms with Crippen molar-refractivity contribution in [3.63, 3.8) is 0 Å². The molecule has 41 heavy (non-hydrogen) atoms. The van der Waals surface area contributed by atoms with Crippen molar-refractivity contribution >= 4 is 0 Å². The minimum atomic E-state index is -0.758. The third kappa shape index (κ3) is 5.17. The molecule has 4 aliphatic rings. The van der Waals surface area contributed by atoms with Crippen LogP contribution in [0.25, 0.3) is 0 Å². The summed E-state index contributed by atoms with van der Waals surface area (Å²) in [7, 11) is 0. The van der Waals surface area contributed by atoms with E-state index in [2.05, 4.69) is 94.1 Å². The molecule has 0 radical (unpaired) electrons. The molecule has 4 aliphatic carbocycles. The monoisotopic (exact) mass is 554 g/mol. The molecule has 220 valence electrons. The second-order valence-electron chi connectivity index (χ2n) is 14.1. The average Bonchev–Trinajstić information content (AvgIpc) is 3.21. The van der Waals surface area contributed by atoms with Gasteiger partial charge in [0, 0.05) is 0 Å². The fourth-order valence-corrected chi connectivity index (χ4v) is 10.2. The first kappa shape index (κ1) is 28.9. The largest absolute Gasteiger partial charge is 0.385 e. The van der Waals surface area contributed by atoms with E-state index in [4.69, 9.17) is 9.47 Å². The molecule has 3 nitrogen and oxygen atoms in total. The van der Waals surface area contributed by atoms with E-state index >= 15 is 0 Å². The van der Waals surface area contributed by atoms with Crippen LogP contribution >= 0.6 is 0 Å². The quantitative estimate of drug-likeness (QED) is 0.332. The lowest BCUT2D eigenvalue weighted by Crippen LogP contribution is -2.58. The van der Waals surface area contributed by atoms with Crippen LogP contribution < -0.4 is 0 Å². The van der Waals surface area contributed by atoms with Crippen LogP contribution in [-0.4, -0.2) is 22.9 Å². The van der Waals surface area contributed by atoms with Crippen LogP contribution in [0.3, 0.4) is 0 Å². The molecule has 4 saturated carbocycles. The predicted octanol–water partition coefficient (Wildman–Crippen LogP) is 8.67. The second-order valence-corrected chi connectivity index (χ2v) is 14.1.